The summed E-state index contributed by atoms with van der Waals surface area (Å²) in [5, 5.41) is 0. The van der Waals surface area contributed by atoms with Crippen LogP contribution in [-0.2, 0) is 21.1 Å². The second-order valence-electron chi connectivity index (χ2n) is 7.71. The zero-order valence-electron chi connectivity index (χ0n) is 18.9. The first-order valence-electron chi connectivity index (χ1n) is 11.2. The van der Waals surface area contributed by atoms with Crippen molar-refractivity contribution in [1.82, 2.24) is 9.97 Å². The molecule has 0 bridgehead atoms. The van der Waals surface area contributed by atoms with Crippen LogP contribution in [0.2, 0.25) is 0 Å². The predicted molar refractivity (Wildman–Crippen MR) is 138 cm³/mol. The molecule has 0 fully saturated rings. The zero-order valence-corrected chi connectivity index (χ0v) is 21.2. The van der Waals surface area contributed by atoms with Crippen LogP contribution in [0, 0.1) is 12.2 Å². The fourth-order valence-corrected chi connectivity index (χ4v) is 3.77. The van der Waals surface area contributed by atoms with Crippen LogP contribution in [0.15, 0.2) is 134 Å². The molecular weight excluding hydrogens is 607 g/mol. The maximum absolute atomic E-state index is 4.60. The molecule has 0 radical (unpaired) electrons. The quantitative estimate of drug-likeness (QED) is 0.149. The van der Waals surface area contributed by atoms with Crippen LogP contribution in [0.4, 0.5) is 0 Å². The van der Waals surface area contributed by atoms with Gasteiger partial charge in [0.15, 0.2) is 0 Å². The SMILES string of the molecule is [C-](=C(c1ccccc1)c1ccccn1)c1ccccc1[C-]=C(c1ccccc1)c1ccccn1.[Pt+2]. The molecule has 5 aromatic rings. The van der Waals surface area contributed by atoms with Gasteiger partial charge in [0.2, 0.25) is 0 Å². The molecule has 0 atom stereocenters. The Hall–Kier alpha value is -3.87. The second-order valence-corrected chi connectivity index (χ2v) is 7.71. The van der Waals surface area contributed by atoms with Crippen molar-refractivity contribution in [2.45, 2.75) is 0 Å². The van der Waals surface area contributed by atoms with E-state index in [1.54, 1.807) is 0 Å². The standard InChI is InChI=1S/C32H22N2.Pt/c1-3-13-25(14-4-1)29(31-19-9-11-21-33-31)23-27-17-7-8-18-28(27)24-30(26-15-5-2-6-16-26)32-20-10-12-22-34-32;/h1-22H;/q-2;+2. The van der Waals surface area contributed by atoms with Gasteiger partial charge in [0.05, 0.1) is 0 Å². The number of rotatable bonds is 6. The monoisotopic (exact) mass is 629 g/mol. The van der Waals surface area contributed by atoms with Crippen molar-refractivity contribution in [3.05, 3.63) is 180 Å². The van der Waals surface area contributed by atoms with Crippen LogP contribution in [0.1, 0.15) is 33.6 Å². The van der Waals surface area contributed by atoms with Gasteiger partial charge in [-0.1, -0.05) is 107 Å². The number of hydrogen-bond donors (Lipinski definition) is 0. The normalized spacial score (nSPS) is 11.5. The molecule has 5 rings (SSSR count). The van der Waals surface area contributed by atoms with Gasteiger partial charge < -0.3 is 0 Å². The van der Waals surface area contributed by atoms with Gasteiger partial charge in [-0.15, -0.1) is 12.1 Å². The third kappa shape index (κ3) is 5.98. The van der Waals surface area contributed by atoms with E-state index in [1.807, 2.05) is 97.3 Å². The summed E-state index contributed by atoms with van der Waals surface area (Å²) in [5.41, 5.74) is 7.64. The molecule has 0 aliphatic heterocycles. The number of nitrogens with zero attached hydrogens (tertiary/aromatic N) is 2. The summed E-state index contributed by atoms with van der Waals surface area (Å²) in [7, 11) is 0. The van der Waals surface area contributed by atoms with Crippen molar-refractivity contribution < 1.29 is 21.1 Å². The van der Waals surface area contributed by atoms with E-state index in [9.17, 15) is 0 Å². The predicted octanol–water partition coefficient (Wildman–Crippen LogP) is 7.04. The minimum Gasteiger partial charge on any atom is -0.295 e. The van der Waals surface area contributed by atoms with Crippen LogP contribution in [0.5, 0.6) is 0 Å². The Labute approximate surface area is 221 Å². The van der Waals surface area contributed by atoms with E-state index < -0.39 is 0 Å². The van der Waals surface area contributed by atoms with Gasteiger partial charge in [0, 0.05) is 23.8 Å². The van der Waals surface area contributed by atoms with Gasteiger partial charge in [-0.2, -0.15) is 35.4 Å². The summed E-state index contributed by atoms with van der Waals surface area (Å²) in [6.45, 7) is 0. The van der Waals surface area contributed by atoms with Crippen molar-refractivity contribution in [3.63, 3.8) is 0 Å². The molecule has 0 amide bonds. The van der Waals surface area contributed by atoms with E-state index in [1.165, 1.54) is 0 Å². The average molecular weight is 630 g/mol. The minimum absolute atomic E-state index is 0. The average Bonchev–Trinajstić information content (AvgIpc) is 2.93. The molecule has 35 heavy (non-hydrogen) atoms. The smallest absolute Gasteiger partial charge is 0.295 e. The van der Waals surface area contributed by atoms with Crippen molar-refractivity contribution >= 4 is 11.1 Å². The molecule has 0 aliphatic carbocycles. The van der Waals surface area contributed by atoms with Crippen LogP contribution >= 0.6 is 0 Å². The van der Waals surface area contributed by atoms with Crippen molar-refractivity contribution in [1.29, 1.82) is 0 Å². The Bertz CT molecular complexity index is 1220. The van der Waals surface area contributed by atoms with Gasteiger partial charge in [0.25, 0.3) is 0 Å². The first-order chi connectivity index (χ1) is 16.9. The molecule has 0 aliphatic rings. The molecule has 0 N–H and O–H groups in total. The molecule has 0 spiro atoms. The fraction of sp³-hybridized carbons (Fsp3) is 0. The summed E-state index contributed by atoms with van der Waals surface area (Å²) in [4.78, 5) is 9.20. The van der Waals surface area contributed by atoms with E-state index in [2.05, 4.69) is 58.5 Å². The Morgan fingerprint density at radius 1 is 0.429 bits per heavy atom. The molecule has 2 heterocycles. The first-order valence-corrected chi connectivity index (χ1v) is 11.2. The zero-order chi connectivity index (χ0) is 23.0. The molecular formula is C32H22N2Pt. The summed E-state index contributed by atoms with van der Waals surface area (Å²) in [6, 6.07) is 40.6. The first kappa shape index (κ1) is 24.3. The summed E-state index contributed by atoms with van der Waals surface area (Å²) >= 11 is 0. The van der Waals surface area contributed by atoms with E-state index in [4.69, 9.17) is 0 Å². The van der Waals surface area contributed by atoms with E-state index in [0.717, 1.165) is 44.8 Å². The Balaban J connectivity index is 0.00000289. The second kappa shape index (κ2) is 12.0. The third-order valence-electron chi connectivity index (χ3n) is 5.41. The minimum atomic E-state index is 0. The maximum Gasteiger partial charge on any atom is 2.00 e. The maximum atomic E-state index is 4.60. The number of benzene rings is 3. The van der Waals surface area contributed by atoms with E-state index in [0.29, 0.717) is 0 Å². The van der Waals surface area contributed by atoms with E-state index >= 15 is 0 Å². The Morgan fingerprint density at radius 2 is 0.800 bits per heavy atom. The molecule has 3 heteroatoms. The van der Waals surface area contributed by atoms with Crippen LogP contribution < -0.4 is 0 Å². The molecule has 2 aromatic heterocycles. The molecule has 170 valence electrons. The summed E-state index contributed by atoms with van der Waals surface area (Å²) < 4.78 is 0. The van der Waals surface area contributed by atoms with Gasteiger partial charge in [-0.3, -0.25) is 9.97 Å². The van der Waals surface area contributed by atoms with Gasteiger partial charge in [0.1, 0.15) is 0 Å². The van der Waals surface area contributed by atoms with Crippen molar-refractivity contribution in [2.24, 2.45) is 0 Å². The summed E-state index contributed by atoms with van der Waals surface area (Å²) in [5.74, 6) is 0. The molecule has 0 unspecified atom stereocenters. The third-order valence-corrected chi connectivity index (χ3v) is 5.41. The summed E-state index contributed by atoms with van der Waals surface area (Å²) in [6.07, 6.45) is 10.9. The fourth-order valence-electron chi connectivity index (χ4n) is 3.77. The number of pyridine rings is 2. The topological polar surface area (TPSA) is 25.8 Å². The number of hydrogen-bond acceptors (Lipinski definition) is 2. The molecule has 2 nitrogen and oxygen atoms in total. The molecule has 0 saturated carbocycles. The molecule has 3 aromatic carbocycles. The number of aromatic nitrogens is 2. The van der Waals surface area contributed by atoms with Crippen molar-refractivity contribution in [2.75, 3.05) is 0 Å². The van der Waals surface area contributed by atoms with E-state index in [-0.39, 0.29) is 21.1 Å². The van der Waals surface area contributed by atoms with Gasteiger partial charge in [-0.25, -0.2) is 0 Å². The Morgan fingerprint density at radius 3 is 1.17 bits per heavy atom. The van der Waals surface area contributed by atoms with Gasteiger partial charge >= 0.3 is 21.1 Å². The van der Waals surface area contributed by atoms with Gasteiger partial charge in [-0.05, 0) is 12.1 Å². The van der Waals surface area contributed by atoms with Crippen LogP contribution in [0.3, 0.4) is 0 Å². The van der Waals surface area contributed by atoms with Crippen LogP contribution in [-0.4, -0.2) is 9.97 Å². The largest absolute Gasteiger partial charge is 2.00 e. The van der Waals surface area contributed by atoms with Crippen LogP contribution in [0.25, 0.3) is 11.1 Å². The Kier molecular flexibility index (Phi) is 8.33. The molecule has 0 saturated heterocycles. The van der Waals surface area contributed by atoms with Crippen molar-refractivity contribution in [3.8, 4) is 0 Å².